The number of nitrogens with two attached hydrogens (primary N) is 1. The van der Waals surface area contributed by atoms with E-state index in [0.717, 1.165) is 5.69 Å². The molecule has 1 amide bonds. The molecule has 0 bridgehead atoms. The van der Waals surface area contributed by atoms with Crippen LogP contribution in [-0.2, 0) is 9.53 Å². The van der Waals surface area contributed by atoms with Gasteiger partial charge in [0, 0.05) is 25.5 Å². The number of ether oxygens (including phenoxy) is 1. The molecule has 1 unspecified atom stereocenters. The van der Waals surface area contributed by atoms with E-state index in [1.165, 1.54) is 0 Å². The first kappa shape index (κ1) is 13.5. The highest BCUT2D eigenvalue weighted by atomic mass is 16.5. The normalized spacial score (nSPS) is 14.1. The average Bonchev–Trinajstić information content (AvgIpc) is 2.37. The van der Waals surface area contributed by atoms with Crippen LogP contribution in [0, 0.1) is 0 Å². The van der Waals surface area contributed by atoms with Crippen molar-refractivity contribution in [1.82, 2.24) is 0 Å². The molecular weight excluding hydrogens is 216 g/mol. The van der Waals surface area contributed by atoms with E-state index < -0.39 is 5.60 Å². The second-order valence-electron chi connectivity index (χ2n) is 4.24. The van der Waals surface area contributed by atoms with Crippen LogP contribution in [0.5, 0.6) is 0 Å². The van der Waals surface area contributed by atoms with Gasteiger partial charge in [0.25, 0.3) is 5.91 Å². The van der Waals surface area contributed by atoms with Gasteiger partial charge in [-0.05, 0) is 37.6 Å². The van der Waals surface area contributed by atoms with Crippen molar-refractivity contribution >= 4 is 17.3 Å². The third-order valence-corrected chi connectivity index (χ3v) is 3.16. The molecule has 1 aromatic rings. The summed E-state index contributed by atoms with van der Waals surface area (Å²) in [7, 11) is 3.29. The third kappa shape index (κ3) is 2.77. The smallest absolute Gasteiger partial charge is 0.258 e. The first-order chi connectivity index (χ1) is 7.94. The van der Waals surface area contributed by atoms with E-state index in [4.69, 9.17) is 10.5 Å². The maximum absolute atomic E-state index is 12.3. The molecule has 0 aliphatic carbocycles. The first-order valence-corrected chi connectivity index (χ1v) is 5.63. The van der Waals surface area contributed by atoms with Gasteiger partial charge in [0.1, 0.15) is 5.60 Å². The van der Waals surface area contributed by atoms with Crippen molar-refractivity contribution in [3.63, 3.8) is 0 Å². The Hall–Kier alpha value is -1.55. The Morgan fingerprint density at radius 3 is 2.35 bits per heavy atom. The Morgan fingerprint density at radius 1 is 1.41 bits per heavy atom. The number of hydrogen-bond donors (Lipinski definition) is 1. The van der Waals surface area contributed by atoms with Crippen LogP contribution in [0.3, 0.4) is 0 Å². The average molecular weight is 236 g/mol. The van der Waals surface area contributed by atoms with E-state index in [1.807, 2.05) is 19.1 Å². The molecule has 1 rings (SSSR count). The highest BCUT2D eigenvalue weighted by molar-refractivity contribution is 5.98. The number of likely N-dealkylation sites (N-methyl/N-ethyl adjacent to an activating group) is 1. The summed E-state index contributed by atoms with van der Waals surface area (Å²) in [6.45, 7) is 3.72. The molecule has 94 valence electrons. The quantitative estimate of drug-likeness (QED) is 0.814. The van der Waals surface area contributed by atoms with Crippen molar-refractivity contribution < 1.29 is 9.53 Å². The van der Waals surface area contributed by atoms with Gasteiger partial charge >= 0.3 is 0 Å². The number of hydrogen-bond acceptors (Lipinski definition) is 3. The molecule has 4 nitrogen and oxygen atoms in total. The van der Waals surface area contributed by atoms with Crippen LogP contribution in [0.15, 0.2) is 24.3 Å². The van der Waals surface area contributed by atoms with Crippen LogP contribution < -0.4 is 10.6 Å². The zero-order valence-corrected chi connectivity index (χ0v) is 10.9. The predicted octanol–water partition coefficient (Wildman–Crippen LogP) is 2.05. The van der Waals surface area contributed by atoms with Crippen LogP contribution in [0.25, 0.3) is 0 Å². The largest absolute Gasteiger partial charge is 0.399 e. The maximum Gasteiger partial charge on any atom is 0.258 e. The highest BCUT2D eigenvalue weighted by Gasteiger charge is 2.34. The molecule has 0 aromatic heterocycles. The number of carbonyl (C=O) groups is 1. The Morgan fingerprint density at radius 2 is 1.94 bits per heavy atom. The van der Waals surface area contributed by atoms with Crippen LogP contribution >= 0.6 is 0 Å². The molecule has 0 heterocycles. The number of methoxy groups -OCH3 is 1. The lowest BCUT2D eigenvalue weighted by Crippen LogP contribution is -2.46. The summed E-state index contributed by atoms with van der Waals surface area (Å²) in [5.41, 5.74) is 6.32. The standard InChI is InChI=1S/C13H20N2O2/c1-5-13(2,17-4)12(16)15(3)11-8-6-10(14)7-9-11/h6-9H,5,14H2,1-4H3. The lowest BCUT2D eigenvalue weighted by atomic mass is 10.0. The van der Waals surface area contributed by atoms with Gasteiger partial charge in [-0.25, -0.2) is 0 Å². The monoisotopic (exact) mass is 236 g/mol. The Balaban J connectivity index is 2.93. The van der Waals surface area contributed by atoms with Crippen molar-refractivity contribution in [3.8, 4) is 0 Å². The second-order valence-corrected chi connectivity index (χ2v) is 4.24. The molecule has 2 N–H and O–H groups in total. The fourth-order valence-electron chi connectivity index (χ4n) is 1.55. The third-order valence-electron chi connectivity index (χ3n) is 3.16. The molecule has 0 fully saturated rings. The molecule has 0 aliphatic heterocycles. The zero-order chi connectivity index (χ0) is 13.1. The van der Waals surface area contributed by atoms with Gasteiger partial charge in [0.2, 0.25) is 0 Å². The van der Waals surface area contributed by atoms with E-state index in [9.17, 15) is 4.79 Å². The zero-order valence-electron chi connectivity index (χ0n) is 10.9. The fraction of sp³-hybridized carbons (Fsp3) is 0.462. The number of benzene rings is 1. The molecule has 1 aromatic carbocycles. The highest BCUT2D eigenvalue weighted by Crippen LogP contribution is 2.22. The van der Waals surface area contributed by atoms with Crippen molar-refractivity contribution in [2.45, 2.75) is 25.9 Å². The second kappa shape index (κ2) is 5.19. The first-order valence-electron chi connectivity index (χ1n) is 5.63. The van der Waals surface area contributed by atoms with E-state index in [0.29, 0.717) is 12.1 Å². The predicted molar refractivity (Wildman–Crippen MR) is 70.0 cm³/mol. The van der Waals surface area contributed by atoms with Crippen molar-refractivity contribution in [2.75, 3.05) is 24.8 Å². The lowest BCUT2D eigenvalue weighted by molar-refractivity contribution is -0.138. The van der Waals surface area contributed by atoms with E-state index in [1.54, 1.807) is 38.1 Å². The summed E-state index contributed by atoms with van der Waals surface area (Å²) in [6, 6.07) is 7.18. The summed E-state index contributed by atoms with van der Waals surface area (Å²) >= 11 is 0. The molecular formula is C13H20N2O2. The fourth-order valence-corrected chi connectivity index (χ4v) is 1.55. The van der Waals surface area contributed by atoms with Crippen molar-refractivity contribution in [1.29, 1.82) is 0 Å². The van der Waals surface area contributed by atoms with Crippen LogP contribution in [-0.4, -0.2) is 25.7 Å². The van der Waals surface area contributed by atoms with Gasteiger partial charge in [-0.3, -0.25) is 4.79 Å². The van der Waals surface area contributed by atoms with Crippen LogP contribution in [0.4, 0.5) is 11.4 Å². The molecule has 0 saturated heterocycles. The summed E-state index contributed by atoms with van der Waals surface area (Å²) < 4.78 is 5.30. The molecule has 0 aliphatic rings. The number of carbonyl (C=O) groups excluding carboxylic acids is 1. The number of amides is 1. The summed E-state index contributed by atoms with van der Waals surface area (Å²) in [5, 5.41) is 0. The van der Waals surface area contributed by atoms with E-state index in [-0.39, 0.29) is 5.91 Å². The van der Waals surface area contributed by atoms with Gasteiger partial charge in [-0.1, -0.05) is 6.92 Å². The number of nitrogens with zero attached hydrogens (tertiary/aromatic N) is 1. The topological polar surface area (TPSA) is 55.6 Å². The van der Waals surface area contributed by atoms with Gasteiger partial charge in [0.15, 0.2) is 0 Å². The van der Waals surface area contributed by atoms with Gasteiger partial charge in [-0.2, -0.15) is 0 Å². The minimum Gasteiger partial charge on any atom is -0.399 e. The van der Waals surface area contributed by atoms with Gasteiger partial charge in [-0.15, -0.1) is 0 Å². The lowest BCUT2D eigenvalue weighted by Gasteiger charge is -2.30. The number of rotatable bonds is 4. The minimum absolute atomic E-state index is 0.0627. The van der Waals surface area contributed by atoms with Gasteiger partial charge in [0.05, 0.1) is 0 Å². The molecule has 17 heavy (non-hydrogen) atoms. The summed E-state index contributed by atoms with van der Waals surface area (Å²) in [6.07, 6.45) is 0.627. The van der Waals surface area contributed by atoms with Crippen LogP contribution in [0.1, 0.15) is 20.3 Å². The molecule has 0 radical (unpaired) electrons. The Kier molecular flexibility index (Phi) is 4.12. The molecule has 0 spiro atoms. The maximum atomic E-state index is 12.3. The van der Waals surface area contributed by atoms with Crippen LogP contribution in [0.2, 0.25) is 0 Å². The molecule has 1 atom stereocenters. The van der Waals surface area contributed by atoms with E-state index >= 15 is 0 Å². The summed E-state index contributed by atoms with van der Waals surface area (Å²) in [5.74, 6) is -0.0627. The molecule has 4 heteroatoms. The Labute approximate surface area is 102 Å². The van der Waals surface area contributed by atoms with Gasteiger partial charge < -0.3 is 15.4 Å². The molecule has 0 saturated carbocycles. The number of anilines is 2. The number of nitrogen functional groups attached to an aromatic ring is 1. The minimum atomic E-state index is -0.782. The van der Waals surface area contributed by atoms with Crippen molar-refractivity contribution in [3.05, 3.63) is 24.3 Å². The van der Waals surface area contributed by atoms with Crippen molar-refractivity contribution in [2.24, 2.45) is 0 Å². The SMILES string of the molecule is CCC(C)(OC)C(=O)N(C)c1ccc(N)cc1. The Bertz CT molecular complexity index is 383. The van der Waals surface area contributed by atoms with E-state index in [2.05, 4.69) is 0 Å². The summed E-state index contributed by atoms with van der Waals surface area (Å²) in [4.78, 5) is 13.9.